The van der Waals surface area contributed by atoms with Crippen LogP contribution in [-0.4, -0.2) is 24.1 Å². The average molecular weight is 399 g/mol. The molecule has 6 heteroatoms. The van der Waals surface area contributed by atoms with E-state index in [1.54, 1.807) is 12.1 Å². The summed E-state index contributed by atoms with van der Waals surface area (Å²) in [5, 5.41) is 1.82. The predicted molar refractivity (Wildman–Crippen MR) is 93.9 cm³/mol. The molecule has 0 unspecified atom stereocenters. The lowest BCUT2D eigenvalue weighted by Crippen LogP contribution is -2.14. The third-order valence-corrected chi connectivity index (χ3v) is 5.86. The molecule has 1 heterocycles. The maximum Gasteiger partial charge on any atom is 0.316 e. The first-order valence-electron chi connectivity index (χ1n) is 6.59. The number of hydrogen-bond acceptors (Lipinski definition) is 5. The zero-order chi connectivity index (χ0) is 16.1. The van der Waals surface area contributed by atoms with Crippen molar-refractivity contribution >= 4 is 50.8 Å². The van der Waals surface area contributed by atoms with Crippen molar-refractivity contribution in [2.75, 3.05) is 12.4 Å². The van der Waals surface area contributed by atoms with Gasteiger partial charge in [0.05, 0.1) is 10.6 Å². The number of thioether (sulfide) groups is 1. The van der Waals surface area contributed by atoms with E-state index in [4.69, 9.17) is 4.74 Å². The first-order chi connectivity index (χ1) is 10.5. The molecule has 0 aliphatic rings. The predicted octanol–water partition coefficient (Wildman–Crippen LogP) is 4.65. The van der Waals surface area contributed by atoms with Gasteiger partial charge in [-0.15, -0.1) is 23.1 Å². The zero-order valence-corrected chi connectivity index (χ0v) is 15.4. The number of hydrogen-bond donors (Lipinski definition) is 0. The van der Waals surface area contributed by atoms with Crippen LogP contribution >= 0.6 is 39.0 Å². The fourth-order valence-electron chi connectivity index (χ4n) is 1.74. The smallest absolute Gasteiger partial charge is 0.316 e. The molecule has 0 N–H and O–H groups in total. The van der Waals surface area contributed by atoms with E-state index in [1.165, 1.54) is 23.1 Å². The minimum Gasteiger partial charge on any atom is -0.457 e. The number of benzene rings is 1. The lowest BCUT2D eigenvalue weighted by atomic mass is 10.2. The fraction of sp³-hybridized carbons (Fsp3) is 0.250. The second-order valence-corrected chi connectivity index (χ2v) is 7.54. The van der Waals surface area contributed by atoms with Crippen LogP contribution in [0, 0.1) is 13.8 Å². The lowest BCUT2D eigenvalue weighted by molar-refractivity contribution is -0.139. The van der Waals surface area contributed by atoms with E-state index >= 15 is 0 Å². The van der Waals surface area contributed by atoms with Crippen molar-refractivity contribution < 1.29 is 14.3 Å². The minimum atomic E-state index is -0.380. The largest absolute Gasteiger partial charge is 0.457 e. The molecular formula is C16H15BrO3S2. The third-order valence-electron chi connectivity index (χ3n) is 2.96. The number of carbonyl (C=O) groups excluding carboxylic acids is 2. The highest BCUT2D eigenvalue weighted by atomic mass is 79.9. The van der Waals surface area contributed by atoms with Gasteiger partial charge in [0.15, 0.2) is 6.61 Å². The number of carbonyl (C=O) groups is 2. The molecule has 0 saturated heterocycles. The third kappa shape index (κ3) is 4.69. The van der Waals surface area contributed by atoms with Gasteiger partial charge in [-0.3, -0.25) is 9.59 Å². The van der Waals surface area contributed by atoms with Crippen LogP contribution in [0.25, 0.3) is 0 Å². The van der Waals surface area contributed by atoms with Crippen LogP contribution in [-0.2, 0) is 9.53 Å². The van der Waals surface area contributed by atoms with Gasteiger partial charge in [-0.2, -0.15) is 0 Å². The molecule has 0 spiro atoms. The summed E-state index contributed by atoms with van der Waals surface area (Å²) in [5.41, 5.74) is 2.22. The number of esters is 1. The van der Waals surface area contributed by atoms with Gasteiger partial charge >= 0.3 is 5.97 Å². The molecule has 0 saturated carbocycles. The first kappa shape index (κ1) is 17.2. The molecule has 1 aromatic carbocycles. The van der Waals surface area contributed by atoms with Crippen LogP contribution in [0.15, 0.2) is 39.0 Å². The number of Topliss-reactive ketones (excluding diaryl/α,β-unsaturated/α-hetero) is 1. The Labute approximate surface area is 146 Å². The number of ketones is 1. The summed E-state index contributed by atoms with van der Waals surface area (Å²) >= 11 is 6.25. The summed E-state index contributed by atoms with van der Waals surface area (Å²) in [6.45, 7) is 3.81. The molecule has 0 fully saturated rings. The normalized spacial score (nSPS) is 10.5. The Balaban J connectivity index is 1.83. The second-order valence-electron chi connectivity index (χ2n) is 4.72. The Bertz CT molecular complexity index is 681. The molecule has 1 aromatic heterocycles. The Kier molecular flexibility index (Phi) is 6.23. The van der Waals surface area contributed by atoms with Gasteiger partial charge in [0.25, 0.3) is 0 Å². The van der Waals surface area contributed by atoms with Gasteiger partial charge in [0.1, 0.15) is 0 Å². The van der Waals surface area contributed by atoms with Crippen molar-refractivity contribution in [3.05, 3.63) is 50.1 Å². The van der Waals surface area contributed by atoms with E-state index in [0.29, 0.717) is 4.88 Å². The average Bonchev–Trinajstić information content (AvgIpc) is 3.01. The Hall–Kier alpha value is -1.11. The monoisotopic (exact) mass is 398 g/mol. The van der Waals surface area contributed by atoms with Crippen molar-refractivity contribution in [2.45, 2.75) is 18.7 Å². The van der Waals surface area contributed by atoms with Crippen molar-refractivity contribution in [2.24, 2.45) is 0 Å². The van der Waals surface area contributed by atoms with Gasteiger partial charge in [0, 0.05) is 9.37 Å². The SMILES string of the molecule is Cc1cc(SCC(=O)OCC(=O)c2cccs2)c(C)cc1Br. The zero-order valence-electron chi connectivity index (χ0n) is 12.2. The van der Waals surface area contributed by atoms with Crippen LogP contribution in [0.3, 0.4) is 0 Å². The number of thiophene rings is 1. The summed E-state index contributed by atoms with van der Waals surface area (Å²) in [7, 11) is 0. The van der Waals surface area contributed by atoms with Gasteiger partial charge in [-0.25, -0.2) is 0 Å². The van der Waals surface area contributed by atoms with Crippen molar-refractivity contribution in [3.8, 4) is 0 Å². The molecule has 3 nitrogen and oxygen atoms in total. The topological polar surface area (TPSA) is 43.4 Å². The molecule has 0 aliphatic heterocycles. The highest BCUT2D eigenvalue weighted by molar-refractivity contribution is 9.10. The number of halogens is 1. The molecule has 2 aromatic rings. The lowest BCUT2D eigenvalue weighted by Gasteiger charge is -2.08. The van der Waals surface area contributed by atoms with Crippen molar-refractivity contribution in [3.63, 3.8) is 0 Å². The summed E-state index contributed by atoms with van der Waals surface area (Å²) in [6, 6.07) is 7.59. The van der Waals surface area contributed by atoms with E-state index in [2.05, 4.69) is 15.9 Å². The Morgan fingerprint density at radius 3 is 2.73 bits per heavy atom. The number of rotatable bonds is 6. The molecule has 0 atom stereocenters. The molecule has 116 valence electrons. The maximum atomic E-state index is 11.8. The van der Waals surface area contributed by atoms with Crippen molar-refractivity contribution in [1.29, 1.82) is 0 Å². The van der Waals surface area contributed by atoms with E-state index in [-0.39, 0.29) is 24.1 Å². The summed E-state index contributed by atoms with van der Waals surface area (Å²) < 4.78 is 6.09. The molecular weight excluding hydrogens is 384 g/mol. The van der Waals surface area contributed by atoms with Gasteiger partial charge in [-0.1, -0.05) is 22.0 Å². The highest BCUT2D eigenvalue weighted by Gasteiger charge is 2.12. The van der Waals surface area contributed by atoms with E-state index in [0.717, 1.165) is 20.5 Å². The number of aryl methyl sites for hydroxylation is 2. The molecule has 0 aliphatic carbocycles. The molecule has 22 heavy (non-hydrogen) atoms. The van der Waals surface area contributed by atoms with Gasteiger partial charge in [-0.05, 0) is 48.6 Å². The minimum absolute atomic E-state index is 0.163. The Morgan fingerprint density at radius 1 is 1.27 bits per heavy atom. The molecule has 2 rings (SSSR count). The van der Waals surface area contributed by atoms with Crippen LogP contribution in [0.1, 0.15) is 20.8 Å². The fourth-order valence-corrected chi connectivity index (χ4v) is 3.76. The van der Waals surface area contributed by atoms with Crippen LogP contribution in [0.5, 0.6) is 0 Å². The number of ether oxygens (including phenoxy) is 1. The second kappa shape index (κ2) is 7.94. The van der Waals surface area contributed by atoms with E-state index in [1.807, 2.05) is 31.4 Å². The maximum absolute atomic E-state index is 11.8. The molecule has 0 bridgehead atoms. The van der Waals surface area contributed by atoms with Gasteiger partial charge in [0.2, 0.25) is 5.78 Å². The van der Waals surface area contributed by atoms with Crippen LogP contribution in [0.4, 0.5) is 0 Å². The highest BCUT2D eigenvalue weighted by Crippen LogP contribution is 2.28. The summed E-state index contributed by atoms with van der Waals surface area (Å²) in [5.74, 6) is -0.349. The van der Waals surface area contributed by atoms with E-state index in [9.17, 15) is 9.59 Å². The first-order valence-corrected chi connectivity index (χ1v) is 9.25. The molecule has 0 radical (unpaired) electrons. The summed E-state index contributed by atoms with van der Waals surface area (Å²) in [4.78, 5) is 25.1. The summed E-state index contributed by atoms with van der Waals surface area (Å²) in [6.07, 6.45) is 0. The van der Waals surface area contributed by atoms with Gasteiger partial charge < -0.3 is 4.74 Å². The van der Waals surface area contributed by atoms with Crippen molar-refractivity contribution in [1.82, 2.24) is 0 Å². The Morgan fingerprint density at radius 2 is 2.05 bits per heavy atom. The van der Waals surface area contributed by atoms with E-state index < -0.39 is 0 Å². The van der Waals surface area contributed by atoms with Crippen LogP contribution < -0.4 is 0 Å². The van der Waals surface area contributed by atoms with Crippen LogP contribution in [0.2, 0.25) is 0 Å². The molecule has 0 amide bonds. The standard InChI is InChI=1S/C16H15BrO3S2/c1-10-7-15(11(2)6-12(10)17)22-9-16(19)20-8-13(18)14-4-3-5-21-14/h3-7H,8-9H2,1-2H3. The quantitative estimate of drug-likeness (QED) is 0.403.